The van der Waals surface area contributed by atoms with Crippen LogP contribution < -0.4 is 11.1 Å². The molecule has 2 rings (SSSR count). The summed E-state index contributed by atoms with van der Waals surface area (Å²) in [6.07, 6.45) is 1.54. The maximum absolute atomic E-state index is 11.6. The summed E-state index contributed by atoms with van der Waals surface area (Å²) in [5, 5.41) is 3.24. The van der Waals surface area contributed by atoms with Crippen molar-refractivity contribution in [1.82, 2.24) is 4.98 Å². The van der Waals surface area contributed by atoms with Crippen LogP contribution in [0.2, 0.25) is 0 Å². The third kappa shape index (κ3) is 3.13. The minimum absolute atomic E-state index is 0.0221. The highest BCUT2D eigenvalue weighted by Gasteiger charge is 2.16. The third-order valence-electron chi connectivity index (χ3n) is 3.40. The monoisotopic (exact) mass is 285 g/mol. The molecule has 1 heterocycles. The Balaban J connectivity index is 2.28. The van der Waals surface area contributed by atoms with Gasteiger partial charge in [-0.05, 0) is 31.0 Å². The van der Waals surface area contributed by atoms with Gasteiger partial charge in [0.1, 0.15) is 0 Å². The molecule has 1 unspecified atom stereocenters. The summed E-state index contributed by atoms with van der Waals surface area (Å²) in [7, 11) is 1.32. The van der Waals surface area contributed by atoms with E-state index in [4.69, 9.17) is 10.5 Å². The van der Waals surface area contributed by atoms with Gasteiger partial charge < -0.3 is 15.8 Å². The predicted octanol–water partition coefficient (Wildman–Crippen LogP) is 2.93. The number of nitrogen functional groups attached to an aromatic ring is 1. The number of carbonyl (C=O) groups excluding carboxylic acids is 1. The molecule has 1 aromatic carbocycles. The van der Waals surface area contributed by atoms with Gasteiger partial charge in [0.15, 0.2) is 5.82 Å². The molecule has 3 N–H and O–H groups in total. The Morgan fingerprint density at radius 1 is 1.33 bits per heavy atom. The van der Waals surface area contributed by atoms with E-state index in [1.54, 1.807) is 6.07 Å². The minimum atomic E-state index is -0.471. The van der Waals surface area contributed by atoms with Crippen LogP contribution in [0.1, 0.15) is 34.5 Å². The molecule has 0 aliphatic rings. The lowest BCUT2D eigenvalue weighted by Crippen LogP contribution is -2.14. The van der Waals surface area contributed by atoms with Crippen molar-refractivity contribution < 1.29 is 9.53 Å². The minimum Gasteiger partial charge on any atom is -0.465 e. The summed E-state index contributed by atoms with van der Waals surface area (Å²) in [6.45, 7) is 4.07. The smallest absolute Gasteiger partial charge is 0.340 e. The van der Waals surface area contributed by atoms with E-state index in [1.165, 1.54) is 18.9 Å². The zero-order chi connectivity index (χ0) is 15.4. The first kappa shape index (κ1) is 14.8. The maximum atomic E-state index is 11.6. The first-order valence-corrected chi connectivity index (χ1v) is 6.69. The van der Waals surface area contributed by atoms with E-state index in [2.05, 4.69) is 23.3 Å². The fourth-order valence-electron chi connectivity index (χ4n) is 2.23. The van der Waals surface area contributed by atoms with Crippen molar-refractivity contribution >= 4 is 17.5 Å². The van der Waals surface area contributed by atoms with Crippen LogP contribution in [0.3, 0.4) is 0 Å². The number of hydrogen-bond acceptors (Lipinski definition) is 5. The third-order valence-corrected chi connectivity index (χ3v) is 3.40. The first-order valence-electron chi connectivity index (χ1n) is 6.69. The van der Waals surface area contributed by atoms with E-state index in [1.807, 2.05) is 25.1 Å². The number of rotatable bonds is 4. The van der Waals surface area contributed by atoms with E-state index >= 15 is 0 Å². The first-order chi connectivity index (χ1) is 10.0. The number of benzene rings is 1. The van der Waals surface area contributed by atoms with Crippen molar-refractivity contribution in [2.45, 2.75) is 19.9 Å². The Morgan fingerprint density at radius 3 is 2.71 bits per heavy atom. The van der Waals surface area contributed by atoms with Crippen LogP contribution in [-0.2, 0) is 4.74 Å². The Bertz CT molecular complexity index is 656. The van der Waals surface area contributed by atoms with Gasteiger partial charge in [-0.15, -0.1) is 0 Å². The quantitative estimate of drug-likeness (QED) is 0.845. The highest BCUT2D eigenvalue weighted by Crippen LogP contribution is 2.26. The summed E-state index contributed by atoms with van der Waals surface area (Å²) >= 11 is 0. The fraction of sp³-hybridized carbons (Fsp3) is 0.250. The molecule has 2 aromatic rings. The lowest BCUT2D eigenvalue weighted by atomic mass is 10.0. The zero-order valence-corrected chi connectivity index (χ0v) is 12.4. The molecule has 0 fully saturated rings. The number of nitrogens with two attached hydrogens (primary N) is 1. The number of esters is 1. The number of pyridine rings is 1. The van der Waals surface area contributed by atoms with Crippen LogP contribution >= 0.6 is 0 Å². The van der Waals surface area contributed by atoms with Gasteiger partial charge >= 0.3 is 5.97 Å². The number of hydrogen-bond donors (Lipinski definition) is 2. The molecule has 1 atom stereocenters. The van der Waals surface area contributed by atoms with E-state index in [0.717, 1.165) is 5.56 Å². The van der Waals surface area contributed by atoms with Crippen LogP contribution in [0.4, 0.5) is 11.5 Å². The maximum Gasteiger partial charge on any atom is 0.340 e. The molecule has 1 aromatic heterocycles. The highest BCUT2D eigenvalue weighted by molar-refractivity contribution is 5.97. The summed E-state index contributed by atoms with van der Waals surface area (Å²) in [4.78, 5) is 15.8. The molecule has 0 saturated carbocycles. The summed E-state index contributed by atoms with van der Waals surface area (Å²) < 4.78 is 4.71. The van der Waals surface area contributed by atoms with Crippen LogP contribution in [0.5, 0.6) is 0 Å². The number of methoxy groups -OCH3 is 1. The Morgan fingerprint density at radius 2 is 2.05 bits per heavy atom. The Kier molecular flexibility index (Phi) is 4.42. The largest absolute Gasteiger partial charge is 0.465 e. The van der Waals surface area contributed by atoms with E-state index in [-0.39, 0.29) is 6.04 Å². The normalized spacial score (nSPS) is 11.8. The SMILES string of the molecule is COC(=O)c1ccnc(NC(C)c2ccccc2C)c1N. The second-order valence-corrected chi connectivity index (χ2v) is 4.83. The zero-order valence-electron chi connectivity index (χ0n) is 12.4. The molecular weight excluding hydrogens is 266 g/mol. The molecule has 21 heavy (non-hydrogen) atoms. The van der Waals surface area contributed by atoms with Gasteiger partial charge in [-0.2, -0.15) is 0 Å². The summed E-state index contributed by atoms with van der Waals surface area (Å²) in [5.74, 6) is 0.00940. The van der Waals surface area contributed by atoms with Gasteiger partial charge in [0.05, 0.1) is 24.4 Å². The fourth-order valence-corrected chi connectivity index (χ4v) is 2.23. The number of nitrogens with zero attached hydrogens (tertiary/aromatic N) is 1. The lowest BCUT2D eigenvalue weighted by molar-refractivity contribution is 0.0602. The van der Waals surface area contributed by atoms with Gasteiger partial charge in [-0.25, -0.2) is 9.78 Å². The molecule has 0 saturated heterocycles. The molecule has 110 valence electrons. The molecule has 5 nitrogen and oxygen atoms in total. The van der Waals surface area contributed by atoms with Crippen LogP contribution in [0.25, 0.3) is 0 Å². The average molecular weight is 285 g/mol. The predicted molar refractivity (Wildman–Crippen MR) is 83.2 cm³/mol. The van der Waals surface area contributed by atoms with Crippen molar-refractivity contribution in [2.75, 3.05) is 18.2 Å². The van der Waals surface area contributed by atoms with Crippen molar-refractivity contribution in [1.29, 1.82) is 0 Å². The van der Waals surface area contributed by atoms with Gasteiger partial charge in [0.2, 0.25) is 0 Å². The second kappa shape index (κ2) is 6.26. The van der Waals surface area contributed by atoms with E-state index in [9.17, 15) is 4.79 Å². The standard InChI is InChI=1S/C16H19N3O2/c1-10-6-4-5-7-12(10)11(2)19-15-14(17)13(8-9-18-15)16(20)21-3/h4-9,11H,17H2,1-3H3,(H,18,19). The topological polar surface area (TPSA) is 77.2 Å². The van der Waals surface area contributed by atoms with E-state index in [0.29, 0.717) is 17.1 Å². The van der Waals surface area contributed by atoms with Crippen molar-refractivity contribution in [3.8, 4) is 0 Å². The van der Waals surface area contributed by atoms with Crippen LogP contribution in [-0.4, -0.2) is 18.1 Å². The van der Waals surface area contributed by atoms with E-state index < -0.39 is 5.97 Å². The van der Waals surface area contributed by atoms with Gasteiger partial charge in [0, 0.05) is 6.20 Å². The number of carbonyl (C=O) groups is 1. The Hall–Kier alpha value is -2.56. The molecule has 0 bridgehead atoms. The lowest BCUT2D eigenvalue weighted by Gasteiger charge is -2.18. The van der Waals surface area contributed by atoms with Crippen LogP contribution in [0.15, 0.2) is 36.5 Å². The molecule has 0 amide bonds. The number of nitrogens with one attached hydrogen (secondary N) is 1. The molecule has 0 radical (unpaired) electrons. The number of aryl methyl sites for hydroxylation is 1. The Labute approximate surface area is 124 Å². The van der Waals surface area contributed by atoms with Crippen LogP contribution in [0, 0.1) is 6.92 Å². The number of ether oxygens (including phenoxy) is 1. The van der Waals surface area contributed by atoms with Crippen molar-refractivity contribution in [3.63, 3.8) is 0 Å². The highest BCUT2D eigenvalue weighted by atomic mass is 16.5. The average Bonchev–Trinajstić information content (AvgIpc) is 2.49. The second-order valence-electron chi connectivity index (χ2n) is 4.83. The number of aromatic nitrogens is 1. The molecule has 5 heteroatoms. The van der Waals surface area contributed by atoms with Crippen molar-refractivity contribution in [3.05, 3.63) is 53.2 Å². The summed E-state index contributed by atoms with van der Waals surface area (Å²) in [5.41, 5.74) is 8.94. The number of anilines is 2. The molecular formula is C16H19N3O2. The molecule has 0 aliphatic carbocycles. The molecule has 0 aliphatic heterocycles. The van der Waals surface area contributed by atoms with Crippen molar-refractivity contribution in [2.24, 2.45) is 0 Å². The molecule has 0 spiro atoms. The van der Waals surface area contributed by atoms with Gasteiger partial charge in [0.25, 0.3) is 0 Å². The van der Waals surface area contributed by atoms with Gasteiger partial charge in [-0.3, -0.25) is 0 Å². The summed E-state index contributed by atoms with van der Waals surface area (Å²) in [6, 6.07) is 9.65. The van der Waals surface area contributed by atoms with Gasteiger partial charge in [-0.1, -0.05) is 24.3 Å².